The summed E-state index contributed by atoms with van der Waals surface area (Å²) in [4.78, 5) is 12.9. The van der Waals surface area contributed by atoms with Crippen molar-refractivity contribution in [3.05, 3.63) is 45.8 Å². The zero-order valence-corrected chi connectivity index (χ0v) is 15.2. The fraction of sp³-hybridized carbons (Fsp3) is 0.294. The quantitative estimate of drug-likeness (QED) is 0.855. The molecule has 3 rings (SSSR count). The van der Waals surface area contributed by atoms with Crippen LogP contribution in [-0.4, -0.2) is 14.3 Å². The second-order valence-electron chi connectivity index (χ2n) is 6.17. The Labute approximate surface area is 150 Å². The molecule has 0 aliphatic heterocycles. The maximum absolute atomic E-state index is 12.7. The van der Waals surface area contributed by atoms with Gasteiger partial charge < -0.3 is 5.73 Å². The highest BCUT2D eigenvalue weighted by atomic mass is 32.2. The summed E-state index contributed by atoms with van der Waals surface area (Å²) < 4.78 is 27.8. The number of carbonyl (C=O) groups excluding carboxylic acids is 1. The van der Waals surface area contributed by atoms with Gasteiger partial charge in [-0.25, -0.2) is 8.42 Å². The third-order valence-corrected chi connectivity index (χ3v) is 6.90. The Morgan fingerprint density at radius 3 is 2.88 bits per heavy atom. The van der Waals surface area contributed by atoms with Crippen LogP contribution in [0.5, 0.6) is 0 Å². The van der Waals surface area contributed by atoms with Crippen molar-refractivity contribution >= 4 is 32.3 Å². The molecule has 1 aliphatic rings. The van der Waals surface area contributed by atoms with E-state index in [4.69, 9.17) is 11.0 Å². The molecule has 0 unspecified atom stereocenters. The number of hydrogen-bond donors (Lipinski definition) is 2. The van der Waals surface area contributed by atoms with Crippen molar-refractivity contribution in [1.29, 1.82) is 5.26 Å². The zero-order chi connectivity index (χ0) is 18.2. The van der Waals surface area contributed by atoms with Crippen LogP contribution < -0.4 is 10.5 Å². The molecule has 1 heterocycles. The molecule has 0 radical (unpaired) electrons. The van der Waals surface area contributed by atoms with Gasteiger partial charge in [0.15, 0.2) is 0 Å². The van der Waals surface area contributed by atoms with E-state index in [1.807, 2.05) is 6.07 Å². The molecule has 1 amide bonds. The van der Waals surface area contributed by atoms with Gasteiger partial charge >= 0.3 is 0 Å². The highest BCUT2D eigenvalue weighted by Crippen LogP contribution is 2.40. The molecule has 130 valence electrons. The monoisotopic (exact) mass is 375 g/mol. The largest absolute Gasteiger partial charge is 0.365 e. The Kier molecular flexibility index (Phi) is 4.54. The van der Waals surface area contributed by atoms with Gasteiger partial charge in [-0.05, 0) is 48.9 Å². The lowest BCUT2D eigenvalue weighted by atomic mass is 9.88. The molecule has 3 N–H and O–H groups in total. The standard InChI is InChI=1S/C17H17N3O3S2/c1-10-5-6-13-14(7-10)24-17(15(13)16(19)21)20-25(22,23)12-4-2-3-11(8-12)9-18/h2-4,8,10,20H,5-7H2,1H3,(H2,19,21)/t10-/m1/s1. The molecule has 0 bridgehead atoms. The second kappa shape index (κ2) is 6.50. The first-order chi connectivity index (χ1) is 11.8. The number of sulfonamides is 1. The maximum atomic E-state index is 12.7. The molecule has 0 fully saturated rings. The van der Waals surface area contributed by atoms with Crippen LogP contribution in [0.4, 0.5) is 5.00 Å². The van der Waals surface area contributed by atoms with Crippen LogP contribution >= 0.6 is 11.3 Å². The normalized spacial score (nSPS) is 16.7. The van der Waals surface area contributed by atoms with Gasteiger partial charge in [-0.15, -0.1) is 11.3 Å². The number of rotatable bonds is 4. The fourth-order valence-corrected chi connectivity index (χ4v) is 5.76. The van der Waals surface area contributed by atoms with E-state index in [2.05, 4.69) is 11.6 Å². The predicted molar refractivity (Wildman–Crippen MR) is 96.0 cm³/mol. The highest BCUT2D eigenvalue weighted by molar-refractivity contribution is 7.93. The van der Waals surface area contributed by atoms with Crippen LogP contribution in [-0.2, 0) is 22.9 Å². The SMILES string of the molecule is C[C@@H]1CCc2c(sc(NS(=O)(=O)c3cccc(C#N)c3)c2C(N)=O)C1. The van der Waals surface area contributed by atoms with Gasteiger partial charge in [0.2, 0.25) is 0 Å². The molecule has 1 atom stereocenters. The first-order valence-electron chi connectivity index (χ1n) is 7.79. The molecule has 8 heteroatoms. The van der Waals surface area contributed by atoms with Crippen LogP contribution in [0, 0.1) is 17.2 Å². The number of anilines is 1. The number of thiophene rings is 1. The first kappa shape index (κ1) is 17.5. The summed E-state index contributed by atoms with van der Waals surface area (Å²) in [5.41, 5.74) is 6.89. The number of benzene rings is 1. The van der Waals surface area contributed by atoms with Gasteiger partial charge in [0, 0.05) is 4.88 Å². The number of nitrogens with zero attached hydrogens (tertiary/aromatic N) is 1. The summed E-state index contributed by atoms with van der Waals surface area (Å²) in [5.74, 6) is -0.140. The Balaban J connectivity index is 2.02. The number of carbonyl (C=O) groups is 1. The molecule has 25 heavy (non-hydrogen) atoms. The van der Waals surface area contributed by atoms with Crippen LogP contribution in [0.2, 0.25) is 0 Å². The lowest BCUT2D eigenvalue weighted by Gasteiger charge is -2.18. The Hall–Kier alpha value is -2.37. The second-order valence-corrected chi connectivity index (χ2v) is 8.95. The number of nitrogens with one attached hydrogen (secondary N) is 1. The fourth-order valence-electron chi connectivity index (χ4n) is 3.00. The average Bonchev–Trinajstić information content (AvgIpc) is 2.91. The molecular formula is C17H17N3O3S2. The topological polar surface area (TPSA) is 113 Å². The Morgan fingerprint density at radius 1 is 1.44 bits per heavy atom. The van der Waals surface area contributed by atoms with E-state index in [-0.39, 0.29) is 21.0 Å². The van der Waals surface area contributed by atoms with Gasteiger partial charge in [0.1, 0.15) is 5.00 Å². The van der Waals surface area contributed by atoms with Gasteiger partial charge in [0.25, 0.3) is 15.9 Å². The van der Waals surface area contributed by atoms with Crippen molar-refractivity contribution < 1.29 is 13.2 Å². The van der Waals surface area contributed by atoms with E-state index in [1.54, 1.807) is 0 Å². The van der Waals surface area contributed by atoms with E-state index >= 15 is 0 Å². The summed E-state index contributed by atoms with van der Waals surface area (Å²) in [7, 11) is -3.91. The number of fused-ring (bicyclic) bond motifs is 1. The van der Waals surface area contributed by atoms with Crippen molar-refractivity contribution in [2.45, 2.75) is 31.1 Å². The summed E-state index contributed by atoms with van der Waals surface area (Å²) in [6.07, 6.45) is 2.48. The van der Waals surface area contributed by atoms with E-state index < -0.39 is 15.9 Å². The summed E-state index contributed by atoms with van der Waals surface area (Å²) in [6.45, 7) is 2.13. The van der Waals surface area contributed by atoms with Crippen molar-refractivity contribution in [3.63, 3.8) is 0 Å². The highest BCUT2D eigenvalue weighted by Gasteiger charge is 2.28. The van der Waals surface area contributed by atoms with E-state index in [9.17, 15) is 13.2 Å². The van der Waals surface area contributed by atoms with E-state index in [0.29, 0.717) is 5.92 Å². The first-order valence-corrected chi connectivity index (χ1v) is 10.1. The zero-order valence-electron chi connectivity index (χ0n) is 13.6. The maximum Gasteiger partial charge on any atom is 0.262 e. The molecule has 6 nitrogen and oxygen atoms in total. The number of nitriles is 1. The van der Waals surface area contributed by atoms with Gasteiger partial charge in [-0.2, -0.15) is 5.26 Å². The van der Waals surface area contributed by atoms with Gasteiger partial charge in [0.05, 0.1) is 22.1 Å². The molecule has 0 saturated carbocycles. The van der Waals surface area contributed by atoms with Gasteiger partial charge in [-0.1, -0.05) is 13.0 Å². The molecular weight excluding hydrogens is 358 g/mol. The molecule has 0 saturated heterocycles. The van der Waals surface area contributed by atoms with Crippen molar-refractivity contribution in [2.24, 2.45) is 11.7 Å². The van der Waals surface area contributed by atoms with E-state index in [0.717, 1.165) is 29.7 Å². The lowest BCUT2D eigenvalue weighted by molar-refractivity contribution is 0.100. The predicted octanol–water partition coefficient (Wildman–Crippen LogP) is 2.64. The van der Waals surface area contributed by atoms with Crippen LogP contribution in [0.1, 0.15) is 39.7 Å². The van der Waals surface area contributed by atoms with Crippen LogP contribution in [0.3, 0.4) is 0 Å². The van der Waals surface area contributed by atoms with Crippen LogP contribution in [0.15, 0.2) is 29.2 Å². The molecule has 0 spiro atoms. The molecule has 2 aromatic rings. The third kappa shape index (κ3) is 3.38. The number of primary amides is 1. The van der Waals surface area contributed by atoms with Crippen molar-refractivity contribution in [2.75, 3.05) is 4.72 Å². The Morgan fingerprint density at radius 2 is 2.20 bits per heavy atom. The lowest BCUT2D eigenvalue weighted by Crippen LogP contribution is -2.19. The minimum Gasteiger partial charge on any atom is -0.365 e. The number of amides is 1. The smallest absolute Gasteiger partial charge is 0.262 e. The van der Waals surface area contributed by atoms with Crippen molar-refractivity contribution in [3.8, 4) is 6.07 Å². The van der Waals surface area contributed by atoms with Crippen LogP contribution in [0.25, 0.3) is 0 Å². The number of hydrogen-bond acceptors (Lipinski definition) is 5. The minimum atomic E-state index is -3.91. The molecule has 1 aromatic carbocycles. The molecule has 1 aromatic heterocycles. The van der Waals surface area contributed by atoms with Crippen molar-refractivity contribution in [1.82, 2.24) is 0 Å². The summed E-state index contributed by atoms with van der Waals surface area (Å²) >= 11 is 1.27. The average molecular weight is 375 g/mol. The third-order valence-electron chi connectivity index (χ3n) is 4.26. The van der Waals surface area contributed by atoms with E-state index in [1.165, 1.54) is 35.6 Å². The summed E-state index contributed by atoms with van der Waals surface area (Å²) in [6, 6.07) is 7.64. The number of nitrogens with two attached hydrogens (primary N) is 1. The summed E-state index contributed by atoms with van der Waals surface area (Å²) in [5, 5.41) is 9.20. The van der Waals surface area contributed by atoms with Gasteiger partial charge in [-0.3, -0.25) is 9.52 Å². The Bertz CT molecular complexity index is 987. The minimum absolute atomic E-state index is 0.0262. The molecule has 1 aliphatic carbocycles.